The van der Waals surface area contributed by atoms with Gasteiger partial charge in [0.25, 0.3) is 11.8 Å². The first-order valence-corrected chi connectivity index (χ1v) is 8.11. The quantitative estimate of drug-likeness (QED) is 0.804. The maximum absolute atomic E-state index is 12.9. The van der Waals surface area contributed by atoms with Gasteiger partial charge in [0, 0.05) is 0 Å². The van der Waals surface area contributed by atoms with Gasteiger partial charge in [0.15, 0.2) is 0 Å². The molecule has 6 nitrogen and oxygen atoms in total. The van der Waals surface area contributed by atoms with Crippen molar-refractivity contribution >= 4 is 17.7 Å². The van der Waals surface area contributed by atoms with Crippen molar-refractivity contribution in [3.05, 3.63) is 65.0 Å². The van der Waals surface area contributed by atoms with Crippen LogP contribution < -0.4 is 10.5 Å². The molecule has 2 N–H and O–H groups in total. The highest BCUT2D eigenvalue weighted by atomic mass is 19.1. The number of imide groups is 1. The molecule has 0 radical (unpaired) electrons. The van der Waals surface area contributed by atoms with Crippen LogP contribution in [-0.4, -0.2) is 28.7 Å². The minimum Gasteiger partial charge on any atom is -0.489 e. The first-order valence-electron chi connectivity index (χ1n) is 8.11. The minimum absolute atomic E-state index is 0.173. The maximum atomic E-state index is 12.9. The largest absolute Gasteiger partial charge is 0.489 e. The van der Waals surface area contributed by atoms with Crippen LogP contribution in [0.3, 0.4) is 0 Å². The molecule has 1 heterocycles. The molecule has 2 aromatic rings. The molecular weight excluding hydrogens is 339 g/mol. The number of hydrogen-bond donors (Lipinski definition) is 1. The third kappa shape index (κ3) is 3.15. The Morgan fingerprint density at radius 3 is 2.38 bits per heavy atom. The molecule has 1 atom stereocenters. The van der Waals surface area contributed by atoms with Crippen LogP contribution in [-0.2, 0) is 11.4 Å². The van der Waals surface area contributed by atoms with E-state index in [1.807, 2.05) is 0 Å². The van der Waals surface area contributed by atoms with Gasteiger partial charge in [-0.05, 0) is 42.3 Å². The van der Waals surface area contributed by atoms with Crippen molar-refractivity contribution in [2.75, 3.05) is 0 Å². The normalized spacial score (nSPS) is 14.3. The first kappa shape index (κ1) is 17.6. The van der Waals surface area contributed by atoms with Crippen molar-refractivity contribution in [3.63, 3.8) is 0 Å². The second kappa shape index (κ2) is 6.95. The van der Waals surface area contributed by atoms with Crippen LogP contribution in [0.4, 0.5) is 4.39 Å². The van der Waals surface area contributed by atoms with E-state index < -0.39 is 23.8 Å². The summed E-state index contributed by atoms with van der Waals surface area (Å²) in [6, 6.07) is 9.39. The maximum Gasteiger partial charge on any atom is 0.262 e. The molecule has 1 aliphatic heterocycles. The summed E-state index contributed by atoms with van der Waals surface area (Å²) in [6.07, 6.45) is 0.245. The van der Waals surface area contributed by atoms with E-state index in [2.05, 4.69) is 0 Å². The molecule has 0 fully saturated rings. The lowest BCUT2D eigenvalue weighted by Crippen LogP contribution is -2.47. The Morgan fingerprint density at radius 2 is 1.77 bits per heavy atom. The van der Waals surface area contributed by atoms with E-state index >= 15 is 0 Å². The number of hydrogen-bond acceptors (Lipinski definition) is 4. The fourth-order valence-electron chi connectivity index (χ4n) is 2.87. The number of carbonyl (C=O) groups is 3. The Labute approximate surface area is 149 Å². The minimum atomic E-state index is -0.981. The molecule has 0 saturated heterocycles. The Balaban J connectivity index is 1.80. The number of nitrogens with zero attached hydrogens (tertiary/aromatic N) is 1. The number of amides is 3. The van der Waals surface area contributed by atoms with E-state index in [1.165, 1.54) is 24.3 Å². The standard InChI is InChI=1S/C19H17FN2O4/c1-2-16(17(21)23)22-18(24)14-8-7-13(9-15(14)19(22)25)26-10-11-3-5-12(20)6-4-11/h3-9,16H,2,10H2,1H3,(H2,21,23)/t16-/m0/s1. The fourth-order valence-corrected chi connectivity index (χ4v) is 2.87. The highest BCUT2D eigenvalue weighted by Gasteiger charge is 2.41. The van der Waals surface area contributed by atoms with Crippen molar-refractivity contribution in [1.82, 2.24) is 4.90 Å². The van der Waals surface area contributed by atoms with Crippen molar-refractivity contribution in [2.24, 2.45) is 5.73 Å². The topological polar surface area (TPSA) is 89.7 Å². The number of fused-ring (bicyclic) bond motifs is 1. The third-order valence-electron chi connectivity index (χ3n) is 4.24. The molecule has 3 amide bonds. The Hall–Kier alpha value is -3.22. The summed E-state index contributed by atoms with van der Waals surface area (Å²) in [4.78, 5) is 37.5. The average Bonchev–Trinajstić information content (AvgIpc) is 2.86. The molecular formula is C19H17FN2O4. The summed E-state index contributed by atoms with van der Waals surface area (Å²) in [6.45, 7) is 1.86. The van der Waals surface area contributed by atoms with Crippen LogP contribution in [0.15, 0.2) is 42.5 Å². The lowest BCUT2D eigenvalue weighted by atomic mass is 10.1. The molecule has 26 heavy (non-hydrogen) atoms. The Kier molecular flexibility index (Phi) is 4.71. The zero-order valence-electron chi connectivity index (χ0n) is 14.1. The van der Waals surface area contributed by atoms with E-state index in [0.717, 1.165) is 10.5 Å². The summed E-state index contributed by atoms with van der Waals surface area (Å²) in [5.74, 6) is -1.78. The molecule has 3 rings (SSSR count). The average molecular weight is 356 g/mol. The zero-order chi connectivity index (χ0) is 18.8. The monoisotopic (exact) mass is 356 g/mol. The van der Waals surface area contributed by atoms with Gasteiger partial charge >= 0.3 is 0 Å². The number of rotatable bonds is 6. The van der Waals surface area contributed by atoms with Crippen molar-refractivity contribution in [2.45, 2.75) is 26.0 Å². The van der Waals surface area contributed by atoms with E-state index in [0.29, 0.717) is 5.75 Å². The number of benzene rings is 2. The molecule has 0 saturated carbocycles. The van der Waals surface area contributed by atoms with Gasteiger partial charge < -0.3 is 10.5 Å². The van der Waals surface area contributed by atoms with E-state index in [-0.39, 0.29) is 30.0 Å². The number of halogens is 1. The Bertz CT molecular complexity index is 880. The van der Waals surface area contributed by atoms with Crippen molar-refractivity contribution < 1.29 is 23.5 Å². The third-order valence-corrected chi connectivity index (χ3v) is 4.24. The van der Waals surface area contributed by atoms with E-state index in [4.69, 9.17) is 10.5 Å². The molecule has 7 heteroatoms. The van der Waals surface area contributed by atoms with Gasteiger partial charge in [0.1, 0.15) is 24.2 Å². The highest BCUT2D eigenvalue weighted by molar-refractivity contribution is 6.23. The van der Waals surface area contributed by atoms with Crippen LogP contribution in [0.1, 0.15) is 39.6 Å². The van der Waals surface area contributed by atoms with E-state index in [9.17, 15) is 18.8 Å². The van der Waals surface area contributed by atoms with Gasteiger partial charge in [-0.1, -0.05) is 19.1 Å². The summed E-state index contributed by atoms with van der Waals surface area (Å²) in [5, 5.41) is 0. The molecule has 0 unspecified atom stereocenters. The number of nitrogens with two attached hydrogens (primary N) is 1. The predicted molar refractivity (Wildman–Crippen MR) is 90.9 cm³/mol. The molecule has 0 bridgehead atoms. The molecule has 0 aromatic heterocycles. The zero-order valence-corrected chi connectivity index (χ0v) is 14.1. The summed E-state index contributed by atoms with van der Waals surface area (Å²) >= 11 is 0. The lowest BCUT2D eigenvalue weighted by molar-refractivity contribution is -0.121. The number of ether oxygens (including phenoxy) is 1. The van der Waals surface area contributed by atoms with E-state index in [1.54, 1.807) is 25.1 Å². The van der Waals surface area contributed by atoms with Crippen LogP contribution in [0.25, 0.3) is 0 Å². The predicted octanol–water partition coefficient (Wildman–Crippen LogP) is 2.26. The van der Waals surface area contributed by atoms with Gasteiger partial charge in [-0.2, -0.15) is 0 Å². The van der Waals surface area contributed by atoms with Gasteiger partial charge in [0.2, 0.25) is 5.91 Å². The first-order chi connectivity index (χ1) is 12.4. The molecule has 134 valence electrons. The van der Waals surface area contributed by atoms with Gasteiger partial charge in [-0.25, -0.2) is 4.39 Å². The number of carbonyl (C=O) groups excluding carboxylic acids is 3. The molecule has 0 aliphatic carbocycles. The number of primary amides is 1. The van der Waals surface area contributed by atoms with Crippen LogP contribution in [0.2, 0.25) is 0 Å². The van der Waals surface area contributed by atoms with Crippen molar-refractivity contribution in [1.29, 1.82) is 0 Å². The second-order valence-corrected chi connectivity index (χ2v) is 5.93. The summed E-state index contributed by atoms with van der Waals surface area (Å²) < 4.78 is 18.5. The van der Waals surface area contributed by atoms with Gasteiger partial charge in [-0.15, -0.1) is 0 Å². The highest BCUT2D eigenvalue weighted by Crippen LogP contribution is 2.29. The SMILES string of the molecule is CC[C@@H](C(N)=O)N1C(=O)c2ccc(OCc3ccc(F)cc3)cc2C1=O. The smallest absolute Gasteiger partial charge is 0.262 e. The second-order valence-electron chi connectivity index (χ2n) is 5.93. The molecule has 2 aromatic carbocycles. The van der Waals surface area contributed by atoms with Crippen LogP contribution in [0, 0.1) is 5.82 Å². The van der Waals surface area contributed by atoms with Crippen LogP contribution in [0.5, 0.6) is 5.75 Å². The van der Waals surface area contributed by atoms with Crippen LogP contribution >= 0.6 is 0 Å². The molecule has 0 spiro atoms. The lowest BCUT2D eigenvalue weighted by Gasteiger charge is -2.21. The summed E-state index contributed by atoms with van der Waals surface area (Å²) in [5.41, 5.74) is 6.45. The molecule has 1 aliphatic rings. The van der Waals surface area contributed by atoms with Gasteiger partial charge in [-0.3, -0.25) is 19.3 Å². The van der Waals surface area contributed by atoms with Gasteiger partial charge in [0.05, 0.1) is 11.1 Å². The fraction of sp³-hybridized carbons (Fsp3) is 0.211. The Morgan fingerprint density at radius 1 is 1.12 bits per heavy atom. The van der Waals surface area contributed by atoms with Crippen molar-refractivity contribution in [3.8, 4) is 5.75 Å². The summed E-state index contributed by atoms with van der Waals surface area (Å²) in [7, 11) is 0.